The lowest BCUT2D eigenvalue weighted by atomic mass is 10.1. The van der Waals surface area contributed by atoms with Crippen LogP contribution in [0, 0.1) is 20.2 Å². The first-order chi connectivity index (χ1) is 10.4. The Hall–Kier alpha value is -2.55. The van der Waals surface area contributed by atoms with E-state index in [-0.39, 0.29) is 17.7 Å². The van der Waals surface area contributed by atoms with E-state index < -0.39 is 27.1 Å². The number of nitrogens with zero attached hydrogens (tertiary/aromatic N) is 2. The number of hydrogen-bond donors (Lipinski definition) is 1. The SMILES string of the molecule is CC(NC(=O)c1cc([N+](=O)[O-])cc([N+](=O)[O-])c1)C1CCCO1. The van der Waals surface area contributed by atoms with E-state index >= 15 is 0 Å². The lowest BCUT2D eigenvalue weighted by Crippen LogP contribution is -2.40. The highest BCUT2D eigenvalue weighted by molar-refractivity contribution is 5.95. The number of nitrogens with one attached hydrogen (secondary N) is 1. The van der Waals surface area contributed by atoms with E-state index in [1.807, 2.05) is 0 Å². The van der Waals surface area contributed by atoms with Gasteiger partial charge >= 0.3 is 0 Å². The molecular formula is C13H15N3O6. The molecule has 1 aromatic rings. The first-order valence-corrected chi connectivity index (χ1v) is 6.75. The van der Waals surface area contributed by atoms with Crippen LogP contribution in [-0.2, 0) is 4.74 Å². The van der Waals surface area contributed by atoms with Crippen LogP contribution in [0.2, 0.25) is 0 Å². The molecule has 1 aliphatic heterocycles. The van der Waals surface area contributed by atoms with Crippen molar-refractivity contribution in [1.82, 2.24) is 5.32 Å². The quantitative estimate of drug-likeness (QED) is 0.653. The number of ether oxygens (including phenoxy) is 1. The van der Waals surface area contributed by atoms with Crippen LogP contribution in [0.3, 0.4) is 0 Å². The minimum atomic E-state index is -0.771. The Morgan fingerprint density at radius 1 is 1.27 bits per heavy atom. The third-order valence-corrected chi connectivity index (χ3v) is 3.47. The van der Waals surface area contributed by atoms with Gasteiger partial charge in [0, 0.05) is 18.7 Å². The van der Waals surface area contributed by atoms with Gasteiger partial charge in [-0.15, -0.1) is 0 Å². The van der Waals surface area contributed by atoms with E-state index in [0.717, 1.165) is 31.0 Å². The maximum atomic E-state index is 12.1. The smallest absolute Gasteiger partial charge is 0.277 e. The van der Waals surface area contributed by atoms with E-state index in [0.29, 0.717) is 6.61 Å². The number of hydrogen-bond acceptors (Lipinski definition) is 6. The van der Waals surface area contributed by atoms with Crippen LogP contribution in [0.15, 0.2) is 18.2 Å². The van der Waals surface area contributed by atoms with Gasteiger partial charge in [0.2, 0.25) is 0 Å². The van der Waals surface area contributed by atoms with E-state index in [1.165, 1.54) is 0 Å². The average molecular weight is 309 g/mol. The Bertz CT molecular complexity index is 580. The molecule has 118 valence electrons. The summed E-state index contributed by atoms with van der Waals surface area (Å²) in [7, 11) is 0. The Balaban J connectivity index is 2.20. The highest BCUT2D eigenvalue weighted by atomic mass is 16.6. The largest absolute Gasteiger partial charge is 0.376 e. The first kappa shape index (κ1) is 15.8. The summed E-state index contributed by atoms with van der Waals surface area (Å²) in [5, 5.41) is 24.3. The van der Waals surface area contributed by atoms with Crippen LogP contribution in [-0.4, -0.2) is 34.5 Å². The maximum absolute atomic E-state index is 12.1. The molecule has 1 fully saturated rings. The molecule has 9 heteroatoms. The number of nitro groups is 2. The van der Waals surface area contributed by atoms with Crippen molar-refractivity contribution >= 4 is 17.3 Å². The molecule has 22 heavy (non-hydrogen) atoms. The summed E-state index contributed by atoms with van der Waals surface area (Å²) >= 11 is 0. The minimum absolute atomic E-state index is 0.113. The molecule has 9 nitrogen and oxygen atoms in total. The first-order valence-electron chi connectivity index (χ1n) is 6.75. The highest BCUT2D eigenvalue weighted by Crippen LogP contribution is 2.23. The number of carbonyl (C=O) groups excluding carboxylic acids is 1. The molecule has 0 saturated carbocycles. The van der Waals surface area contributed by atoms with Crippen molar-refractivity contribution in [3.05, 3.63) is 44.0 Å². The normalized spacial score (nSPS) is 18.7. The van der Waals surface area contributed by atoms with Gasteiger partial charge in [-0.25, -0.2) is 0 Å². The van der Waals surface area contributed by atoms with Crippen LogP contribution >= 0.6 is 0 Å². The molecule has 0 bridgehead atoms. The Labute approximate surface area is 125 Å². The van der Waals surface area contributed by atoms with E-state index in [2.05, 4.69) is 5.32 Å². The summed E-state index contributed by atoms with van der Waals surface area (Å²) < 4.78 is 5.44. The second kappa shape index (κ2) is 6.48. The van der Waals surface area contributed by atoms with E-state index in [1.54, 1.807) is 6.92 Å². The lowest BCUT2D eigenvalue weighted by Gasteiger charge is -2.19. The number of amides is 1. The van der Waals surface area contributed by atoms with Crippen molar-refractivity contribution in [2.45, 2.75) is 31.9 Å². The predicted octanol–water partition coefficient (Wildman–Crippen LogP) is 1.80. The molecule has 2 atom stereocenters. The van der Waals surface area contributed by atoms with Gasteiger partial charge in [0.25, 0.3) is 17.3 Å². The molecule has 1 aromatic carbocycles. The zero-order valence-corrected chi connectivity index (χ0v) is 11.9. The van der Waals surface area contributed by atoms with Gasteiger partial charge in [-0.1, -0.05) is 0 Å². The highest BCUT2D eigenvalue weighted by Gasteiger charge is 2.25. The molecule has 2 rings (SSSR count). The van der Waals surface area contributed by atoms with Gasteiger partial charge in [-0.3, -0.25) is 25.0 Å². The van der Waals surface area contributed by atoms with Crippen molar-refractivity contribution in [2.24, 2.45) is 0 Å². The van der Waals surface area contributed by atoms with E-state index in [4.69, 9.17) is 4.74 Å². The molecule has 1 aliphatic rings. The molecule has 1 amide bonds. The maximum Gasteiger partial charge on any atom is 0.277 e. The molecule has 0 aliphatic carbocycles. The standard InChI is InChI=1S/C13H15N3O6/c1-8(12-3-2-4-22-12)14-13(17)9-5-10(15(18)19)7-11(6-9)16(20)21/h5-8,12H,2-4H2,1H3,(H,14,17). The number of benzene rings is 1. The van der Waals surface area contributed by atoms with Gasteiger partial charge in [-0.2, -0.15) is 0 Å². The summed E-state index contributed by atoms with van der Waals surface area (Å²) in [5.41, 5.74) is -1.11. The Morgan fingerprint density at radius 3 is 2.32 bits per heavy atom. The fourth-order valence-electron chi connectivity index (χ4n) is 2.32. The lowest BCUT2D eigenvalue weighted by molar-refractivity contribution is -0.394. The number of non-ortho nitro benzene ring substituents is 2. The molecule has 1 heterocycles. The van der Waals surface area contributed by atoms with Gasteiger partial charge in [0.05, 0.1) is 33.6 Å². The second-order valence-electron chi connectivity index (χ2n) is 5.07. The number of rotatable bonds is 5. The molecule has 0 spiro atoms. The predicted molar refractivity (Wildman–Crippen MR) is 75.7 cm³/mol. The Kier molecular flexibility index (Phi) is 4.66. The fourth-order valence-corrected chi connectivity index (χ4v) is 2.32. The molecule has 0 aromatic heterocycles. The second-order valence-corrected chi connectivity index (χ2v) is 5.07. The zero-order valence-electron chi connectivity index (χ0n) is 11.9. The summed E-state index contributed by atoms with van der Waals surface area (Å²) in [6.07, 6.45) is 1.61. The Morgan fingerprint density at radius 2 is 1.86 bits per heavy atom. The van der Waals surface area contributed by atoms with Crippen molar-refractivity contribution in [1.29, 1.82) is 0 Å². The van der Waals surface area contributed by atoms with Crippen molar-refractivity contribution in [3.8, 4) is 0 Å². The van der Waals surface area contributed by atoms with Gasteiger partial charge in [0.15, 0.2) is 0 Å². The topological polar surface area (TPSA) is 125 Å². The summed E-state index contributed by atoms with van der Waals surface area (Å²) in [5.74, 6) is -0.602. The summed E-state index contributed by atoms with van der Waals surface area (Å²) in [6, 6.07) is 2.57. The van der Waals surface area contributed by atoms with Crippen LogP contribution < -0.4 is 5.32 Å². The van der Waals surface area contributed by atoms with Gasteiger partial charge in [-0.05, 0) is 19.8 Å². The zero-order chi connectivity index (χ0) is 16.3. The molecule has 0 radical (unpaired) electrons. The fraction of sp³-hybridized carbons (Fsp3) is 0.462. The third kappa shape index (κ3) is 3.55. The monoisotopic (exact) mass is 309 g/mol. The van der Waals surface area contributed by atoms with Crippen molar-refractivity contribution < 1.29 is 19.4 Å². The third-order valence-electron chi connectivity index (χ3n) is 3.47. The number of carbonyl (C=O) groups is 1. The van der Waals surface area contributed by atoms with Gasteiger partial charge in [0.1, 0.15) is 0 Å². The summed E-state index contributed by atoms with van der Waals surface area (Å²) in [6.45, 7) is 2.40. The van der Waals surface area contributed by atoms with Crippen LogP contribution in [0.4, 0.5) is 11.4 Å². The molecule has 1 N–H and O–H groups in total. The van der Waals surface area contributed by atoms with Crippen LogP contribution in [0.1, 0.15) is 30.1 Å². The van der Waals surface area contributed by atoms with Crippen LogP contribution in [0.5, 0.6) is 0 Å². The van der Waals surface area contributed by atoms with Crippen molar-refractivity contribution in [3.63, 3.8) is 0 Å². The summed E-state index contributed by atoms with van der Waals surface area (Å²) in [4.78, 5) is 32.2. The van der Waals surface area contributed by atoms with Crippen LogP contribution in [0.25, 0.3) is 0 Å². The molecule has 1 saturated heterocycles. The van der Waals surface area contributed by atoms with Crippen molar-refractivity contribution in [2.75, 3.05) is 6.61 Å². The minimum Gasteiger partial charge on any atom is -0.376 e. The van der Waals surface area contributed by atoms with Gasteiger partial charge < -0.3 is 10.1 Å². The molecule has 2 unspecified atom stereocenters. The number of nitro benzene ring substituents is 2. The molecular weight excluding hydrogens is 294 g/mol. The average Bonchev–Trinajstić information content (AvgIpc) is 3.00. The van der Waals surface area contributed by atoms with E-state index in [9.17, 15) is 25.0 Å².